The Kier molecular flexibility index (Phi) is 8.30. The molecule has 0 saturated heterocycles. The molecule has 0 unspecified atom stereocenters. The van der Waals surface area contributed by atoms with Crippen LogP contribution in [0, 0.1) is 6.92 Å². The zero-order valence-electron chi connectivity index (χ0n) is 12.4. The van der Waals surface area contributed by atoms with Crippen LogP contribution in [0.15, 0.2) is 22.7 Å². The van der Waals surface area contributed by atoms with Crippen LogP contribution in [0.5, 0.6) is 0 Å². The molecule has 6 heteroatoms. The third kappa shape index (κ3) is 7.43. The summed E-state index contributed by atoms with van der Waals surface area (Å²) in [5.41, 5.74) is 2.13. The molecule has 0 atom stereocenters. The van der Waals surface area contributed by atoms with Gasteiger partial charge in [-0.05, 0) is 55.7 Å². The molecule has 0 radical (unpaired) electrons. The Bertz CT molecular complexity index is 495. The smallest absolute Gasteiger partial charge is 0.305 e. The normalized spacial score (nSPS) is 10.0. The minimum atomic E-state index is -0.147. The summed E-state index contributed by atoms with van der Waals surface area (Å²) < 4.78 is 5.67. The number of ether oxygens (including phenoxy) is 1. The van der Waals surface area contributed by atoms with Crippen LogP contribution in [0.3, 0.4) is 0 Å². The van der Waals surface area contributed by atoms with Crippen LogP contribution in [0.4, 0.5) is 5.69 Å². The Morgan fingerprint density at radius 1 is 1.33 bits per heavy atom. The monoisotopic (exact) mass is 372 g/mol. The predicted octanol–water partition coefficient (Wildman–Crippen LogP) is 3.78. The van der Waals surface area contributed by atoms with Crippen molar-refractivity contribution in [2.75, 3.05) is 19.0 Å². The number of hydrogen-bond donors (Lipinski definition) is 2. The number of rotatable bonds is 7. The number of aryl methyl sites for hydroxylation is 1. The molecular formula is C15H21BrN2O2S. The molecule has 1 aromatic rings. The molecule has 0 aliphatic heterocycles. The molecule has 0 spiro atoms. The fraction of sp³-hybridized carbons (Fsp3) is 0.467. The number of nitrogens with one attached hydrogen (secondary N) is 2. The maximum absolute atomic E-state index is 10.9. The number of unbranched alkanes of at least 4 members (excludes halogenated alkanes) is 2. The topological polar surface area (TPSA) is 50.4 Å². The van der Waals surface area contributed by atoms with Gasteiger partial charge in [0.2, 0.25) is 0 Å². The Balaban J connectivity index is 2.16. The van der Waals surface area contributed by atoms with E-state index in [0.717, 1.165) is 41.5 Å². The highest BCUT2D eigenvalue weighted by Gasteiger charge is 2.01. The fourth-order valence-electron chi connectivity index (χ4n) is 1.77. The van der Waals surface area contributed by atoms with Gasteiger partial charge in [-0.3, -0.25) is 4.79 Å². The lowest BCUT2D eigenvalue weighted by atomic mass is 10.2. The predicted molar refractivity (Wildman–Crippen MR) is 93.6 cm³/mol. The highest BCUT2D eigenvalue weighted by molar-refractivity contribution is 9.10. The third-order valence-corrected chi connectivity index (χ3v) is 4.12. The number of benzene rings is 1. The summed E-state index contributed by atoms with van der Waals surface area (Å²) in [7, 11) is 1.41. The number of thiocarbonyl (C=S) groups is 1. The Morgan fingerprint density at radius 2 is 2.10 bits per heavy atom. The van der Waals surface area contributed by atoms with Crippen molar-refractivity contribution in [1.29, 1.82) is 0 Å². The van der Waals surface area contributed by atoms with E-state index in [2.05, 4.69) is 31.3 Å². The van der Waals surface area contributed by atoms with Gasteiger partial charge in [0.1, 0.15) is 0 Å². The average molecular weight is 373 g/mol. The van der Waals surface area contributed by atoms with E-state index in [1.54, 1.807) is 0 Å². The highest BCUT2D eigenvalue weighted by atomic mass is 79.9. The SMILES string of the molecule is COC(=O)CCCCCNC(=S)Nc1ccc(Br)c(C)c1. The number of anilines is 1. The first-order valence-electron chi connectivity index (χ1n) is 6.90. The van der Waals surface area contributed by atoms with Gasteiger partial charge in [-0.2, -0.15) is 0 Å². The van der Waals surface area contributed by atoms with Crippen LogP contribution >= 0.6 is 28.1 Å². The van der Waals surface area contributed by atoms with E-state index in [-0.39, 0.29) is 5.97 Å². The van der Waals surface area contributed by atoms with Gasteiger partial charge in [0.25, 0.3) is 0 Å². The third-order valence-electron chi connectivity index (χ3n) is 2.99. The first-order chi connectivity index (χ1) is 10.0. The number of esters is 1. The van der Waals surface area contributed by atoms with E-state index < -0.39 is 0 Å². The number of halogens is 1. The van der Waals surface area contributed by atoms with Crippen LogP contribution < -0.4 is 10.6 Å². The number of carbonyl (C=O) groups excluding carboxylic acids is 1. The Labute approximate surface area is 139 Å². The summed E-state index contributed by atoms with van der Waals surface area (Å²) in [6.07, 6.45) is 3.28. The summed E-state index contributed by atoms with van der Waals surface area (Å²) in [5, 5.41) is 6.93. The lowest BCUT2D eigenvalue weighted by Gasteiger charge is -2.11. The molecule has 116 valence electrons. The van der Waals surface area contributed by atoms with E-state index in [4.69, 9.17) is 12.2 Å². The second-order valence-electron chi connectivity index (χ2n) is 4.73. The van der Waals surface area contributed by atoms with Gasteiger partial charge in [-0.25, -0.2) is 0 Å². The van der Waals surface area contributed by atoms with Crippen molar-refractivity contribution in [2.24, 2.45) is 0 Å². The largest absolute Gasteiger partial charge is 0.469 e. The quantitative estimate of drug-likeness (QED) is 0.433. The van der Waals surface area contributed by atoms with E-state index in [1.807, 2.05) is 25.1 Å². The molecule has 21 heavy (non-hydrogen) atoms. The first-order valence-corrected chi connectivity index (χ1v) is 8.11. The van der Waals surface area contributed by atoms with E-state index >= 15 is 0 Å². The summed E-state index contributed by atoms with van der Waals surface area (Å²) in [4.78, 5) is 10.9. The van der Waals surface area contributed by atoms with Crippen LogP contribution in [0.1, 0.15) is 31.2 Å². The molecule has 0 aliphatic rings. The Hall–Kier alpha value is -1.14. The molecule has 0 heterocycles. The maximum Gasteiger partial charge on any atom is 0.305 e. The molecule has 0 aliphatic carbocycles. The van der Waals surface area contributed by atoms with Crippen LogP contribution in [0.2, 0.25) is 0 Å². The van der Waals surface area contributed by atoms with Crippen LogP contribution in [-0.2, 0) is 9.53 Å². The lowest BCUT2D eigenvalue weighted by molar-refractivity contribution is -0.140. The molecule has 4 nitrogen and oxygen atoms in total. The van der Waals surface area contributed by atoms with Gasteiger partial charge in [0.15, 0.2) is 5.11 Å². The van der Waals surface area contributed by atoms with E-state index in [0.29, 0.717) is 11.5 Å². The van der Waals surface area contributed by atoms with Crippen molar-refractivity contribution < 1.29 is 9.53 Å². The second-order valence-corrected chi connectivity index (χ2v) is 5.99. The van der Waals surface area contributed by atoms with Crippen LogP contribution in [-0.4, -0.2) is 24.7 Å². The zero-order chi connectivity index (χ0) is 15.7. The first kappa shape index (κ1) is 17.9. The highest BCUT2D eigenvalue weighted by Crippen LogP contribution is 2.19. The molecule has 0 saturated carbocycles. The van der Waals surface area contributed by atoms with Crippen molar-refractivity contribution in [3.63, 3.8) is 0 Å². The van der Waals surface area contributed by atoms with Gasteiger partial charge >= 0.3 is 5.97 Å². The summed E-state index contributed by atoms with van der Waals surface area (Å²) in [6.45, 7) is 2.83. The molecule has 0 bridgehead atoms. The maximum atomic E-state index is 10.9. The van der Waals surface area contributed by atoms with Gasteiger partial charge in [0, 0.05) is 23.1 Å². The van der Waals surface area contributed by atoms with Gasteiger partial charge < -0.3 is 15.4 Å². The molecule has 1 rings (SSSR count). The van der Waals surface area contributed by atoms with Gasteiger partial charge in [-0.15, -0.1) is 0 Å². The lowest BCUT2D eigenvalue weighted by Crippen LogP contribution is -2.29. The molecule has 0 aromatic heterocycles. The molecule has 0 amide bonds. The Morgan fingerprint density at radius 3 is 2.76 bits per heavy atom. The second kappa shape index (κ2) is 9.73. The summed E-state index contributed by atoms with van der Waals surface area (Å²) in [6, 6.07) is 6.00. The van der Waals surface area contributed by atoms with Crippen molar-refractivity contribution >= 4 is 44.9 Å². The number of carbonyl (C=O) groups is 1. The number of methoxy groups -OCH3 is 1. The zero-order valence-corrected chi connectivity index (χ0v) is 14.8. The van der Waals surface area contributed by atoms with Crippen LogP contribution in [0.25, 0.3) is 0 Å². The molecule has 2 N–H and O–H groups in total. The summed E-state index contributed by atoms with van der Waals surface area (Å²) in [5.74, 6) is -0.147. The minimum absolute atomic E-state index is 0.147. The van der Waals surface area contributed by atoms with Crippen molar-refractivity contribution in [3.05, 3.63) is 28.2 Å². The molecular weight excluding hydrogens is 352 g/mol. The van der Waals surface area contributed by atoms with E-state index in [1.165, 1.54) is 7.11 Å². The minimum Gasteiger partial charge on any atom is -0.469 e. The van der Waals surface area contributed by atoms with Gasteiger partial charge in [-0.1, -0.05) is 22.4 Å². The standard InChI is InChI=1S/C15H21BrN2O2S/c1-11-10-12(7-8-13(11)16)18-15(21)17-9-5-3-4-6-14(19)20-2/h7-8,10H,3-6,9H2,1-2H3,(H2,17,18,21). The van der Waals surface area contributed by atoms with E-state index in [9.17, 15) is 4.79 Å². The molecule has 0 fully saturated rings. The van der Waals surface area contributed by atoms with Crippen molar-refractivity contribution in [2.45, 2.75) is 32.6 Å². The van der Waals surface area contributed by atoms with Crippen molar-refractivity contribution in [3.8, 4) is 0 Å². The fourth-order valence-corrected chi connectivity index (χ4v) is 2.24. The molecule has 1 aromatic carbocycles. The van der Waals surface area contributed by atoms with Gasteiger partial charge in [0.05, 0.1) is 7.11 Å². The summed E-state index contributed by atoms with van der Waals surface area (Å²) >= 11 is 8.71. The average Bonchev–Trinajstić information content (AvgIpc) is 2.46. The van der Waals surface area contributed by atoms with Crippen molar-refractivity contribution in [1.82, 2.24) is 5.32 Å². The number of hydrogen-bond acceptors (Lipinski definition) is 3.